The summed E-state index contributed by atoms with van der Waals surface area (Å²) in [5.74, 6) is 0.382. The molecule has 0 bridgehead atoms. The van der Waals surface area contributed by atoms with Gasteiger partial charge in [0.05, 0.1) is 24.4 Å². The molecule has 0 radical (unpaired) electrons. The Morgan fingerprint density at radius 3 is 2.86 bits per heavy atom. The maximum Gasteiger partial charge on any atom is 0.350 e. The van der Waals surface area contributed by atoms with Crippen LogP contribution in [-0.2, 0) is 14.2 Å². The van der Waals surface area contributed by atoms with Gasteiger partial charge in [0.15, 0.2) is 5.96 Å². The van der Waals surface area contributed by atoms with E-state index >= 15 is 0 Å². The van der Waals surface area contributed by atoms with E-state index in [9.17, 15) is 4.79 Å². The van der Waals surface area contributed by atoms with Crippen LogP contribution in [0.15, 0.2) is 4.99 Å². The molecule has 0 aromatic carbocycles. The second-order valence-electron chi connectivity index (χ2n) is 6.59. The molecule has 158 valence electrons. The van der Waals surface area contributed by atoms with E-state index < -0.39 is 0 Å². The molecule has 1 fully saturated rings. The van der Waals surface area contributed by atoms with Crippen molar-refractivity contribution in [3.63, 3.8) is 0 Å². The second-order valence-corrected chi connectivity index (χ2v) is 7.62. The minimum atomic E-state index is -0.317. The lowest BCUT2D eigenvalue weighted by Gasteiger charge is -2.22. The Kier molecular flexibility index (Phi) is 9.66. The summed E-state index contributed by atoms with van der Waals surface area (Å²) in [5, 5.41) is 7.43. The fourth-order valence-corrected chi connectivity index (χ4v) is 3.78. The molecular formula is C19H32N4O4S. The first-order chi connectivity index (χ1) is 13.5. The van der Waals surface area contributed by atoms with Crippen LogP contribution in [-0.4, -0.2) is 63.0 Å². The van der Waals surface area contributed by atoms with E-state index in [1.807, 2.05) is 13.8 Å². The van der Waals surface area contributed by atoms with Gasteiger partial charge in [0.1, 0.15) is 9.88 Å². The number of carbonyl (C=O) groups is 1. The number of aromatic nitrogens is 1. The normalized spacial score (nSPS) is 16.6. The molecule has 1 aromatic rings. The molecule has 1 aliphatic rings. The Labute approximate surface area is 171 Å². The van der Waals surface area contributed by atoms with E-state index in [4.69, 9.17) is 14.2 Å². The van der Waals surface area contributed by atoms with Crippen LogP contribution in [0, 0.1) is 6.92 Å². The van der Waals surface area contributed by atoms with Crippen molar-refractivity contribution in [2.24, 2.45) is 4.99 Å². The molecule has 0 spiro atoms. The largest absolute Gasteiger partial charge is 0.462 e. The van der Waals surface area contributed by atoms with Gasteiger partial charge in [-0.2, -0.15) is 0 Å². The van der Waals surface area contributed by atoms with Gasteiger partial charge in [-0.15, -0.1) is 11.3 Å². The smallest absolute Gasteiger partial charge is 0.350 e. The lowest BCUT2D eigenvalue weighted by atomic mass is 10.1. The molecular weight excluding hydrogens is 380 g/mol. The predicted octanol–water partition coefficient (Wildman–Crippen LogP) is 2.44. The van der Waals surface area contributed by atoms with Crippen molar-refractivity contribution in [2.45, 2.75) is 52.2 Å². The van der Waals surface area contributed by atoms with Gasteiger partial charge in [-0.1, -0.05) is 0 Å². The van der Waals surface area contributed by atoms with E-state index in [0.29, 0.717) is 29.2 Å². The van der Waals surface area contributed by atoms with E-state index in [-0.39, 0.29) is 12.0 Å². The Morgan fingerprint density at radius 2 is 2.18 bits per heavy atom. The summed E-state index contributed by atoms with van der Waals surface area (Å²) in [6.07, 6.45) is 3.19. The topological polar surface area (TPSA) is 94.1 Å². The average molecular weight is 413 g/mol. The number of hydrogen-bond donors (Lipinski definition) is 2. The SMILES string of the molecule is CCOC(=O)c1sc(C(C)NC(=NC)NCCCOC2CCOCC2)nc1C. The molecule has 1 saturated heterocycles. The van der Waals surface area contributed by atoms with Crippen LogP contribution >= 0.6 is 11.3 Å². The number of nitrogens with one attached hydrogen (secondary N) is 2. The summed E-state index contributed by atoms with van der Waals surface area (Å²) in [6.45, 7) is 9.05. The number of rotatable bonds is 9. The highest BCUT2D eigenvalue weighted by atomic mass is 32.1. The first-order valence-electron chi connectivity index (χ1n) is 9.86. The fraction of sp³-hybridized carbons (Fsp3) is 0.737. The van der Waals surface area contributed by atoms with Gasteiger partial charge in [-0.05, 0) is 40.0 Å². The molecule has 2 N–H and O–H groups in total. The van der Waals surface area contributed by atoms with Crippen LogP contribution in [0.3, 0.4) is 0 Å². The Bertz CT molecular complexity index is 644. The predicted molar refractivity (Wildman–Crippen MR) is 110 cm³/mol. The van der Waals surface area contributed by atoms with Crippen LogP contribution in [0.4, 0.5) is 0 Å². The Morgan fingerprint density at radius 1 is 1.43 bits per heavy atom. The molecule has 0 aliphatic carbocycles. The Hall–Kier alpha value is -1.71. The van der Waals surface area contributed by atoms with Crippen molar-refractivity contribution >= 4 is 23.3 Å². The molecule has 0 amide bonds. The Balaban J connectivity index is 1.74. The highest BCUT2D eigenvalue weighted by Crippen LogP contribution is 2.24. The summed E-state index contributed by atoms with van der Waals surface area (Å²) < 4.78 is 16.3. The number of guanidine groups is 1. The third kappa shape index (κ3) is 7.03. The number of esters is 1. The zero-order valence-corrected chi connectivity index (χ0v) is 18.1. The minimum absolute atomic E-state index is 0.0726. The van der Waals surface area contributed by atoms with E-state index in [0.717, 1.165) is 50.6 Å². The molecule has 1 aromatic heterocycles. The molecule has 1 unspecified atom stereocenters. The standard InChI is InChI=1S/C19H32N4O4S/c1-5-26-18(24)16-13(2)22-17(28-16)14(3)23-19(20-4)21-9-6-10-27-15-7-11-25-12-8-15/h14-15H,5-12H2,1-4H3,(H2,20,21,23). The van der Waals surface area contributed by atoms with Crippen molar-refractivity contribution in [2.75, 3.05) is 40.0 Å². The number of nitrogens with zero attached hydrogens (tertiary/aromatic N) is 2. The first-order valence-corrected chi connectivity index (χ1v) is 10.7. The lowest BCUT2D eigenvalue weighted by molar-refractivity contribution is -0.0320. The van der Waals surface area contributed by atoms with Gasteiger partial charge in [-0.3, -0.25) is 4.99 Å². The summed E-state index contributed by atoms with van der Waals surface area (Å²) in [6, 6.07) is -0.0726. The maximum absolute atomic E-state index is 12.0. The zero-order chi connectivity index (χ0) is 20.4. The first kappa shape index (κ1) is 22.6. The molecule has 28 heavy (non-hydrogen) atoms. The number of carbonyl (C=O) groups excluding carboxylic acids is 1. The molecule has 1 atom stereocenters. The fourth-order valence-electron chi connectivity index (χ4n) is 2.82. The molecule has 0 saturated carbocycles. The van der Waals surface area contributed by atoms with Gasteiger partial charge in [0, 0.05) is 33.4 Å². The molecule has 2 heterocycles. The van der Waals surface area contributed by atoms with Crippen molar-refractivity contribution in [1.29, 1.82) is 0 Å². The monoisotopic (exact) mass is 412 g/mol. The van der Waals surface area contributed by atoms with Gasteiger partial charge in [0.25, 0.3) is 0 Å². The third-order valence-electron chi connectivity index (χ3n) is 4.36. The molecule has 1 aliphatic heterocycles. The minimum Gasteiger partial charge on any atom is -0.462 e. The quantitative estimate of drug-likeness (QED) is 0.278. The third-order valence-corrected chi connectivity index (χ3v) is 5.68. The number of hydrogen-bond acceptors (Lipinski definition) is 7. The highest BCUT2D eigenvalue weighted by Gasteiger charge is 2.20. The van der Waals surface area contributed by atoms with Crippen LogP contribution in [0.2, 0.25) is 0 Å². The summed E-state index contributed by atoms with van der Waals surface area (Å²) in [4.78, 5) is 21.3. The average Bonchev–Trinajstić information content (AvgIpc) is 3.09. The maximum atomic E-state index is 12.0. The molecule has 2 rings (SSSR count). The van der Waals surface area contributed by atoms with Crippen molar-refractivity contribution in [3.8, 4) is 0 Å². The van der Waals surface area contributed by atoms with Crippen molar-refractivity contribution in [3.05, 3.63) is 15.6 Å². The van der Waals surface area contributed by atoms with Crippen LogP contribution in [0.1, 0.15) is 59.5 Å². The number of ether oxygens (including phenoxy) is 3. The van der Waals surface area contributed by atoms with Gasteiger partial charge >= 0.3 is 5.97 Å². The molecule has 9 heteroatoms. The summed E-state index contributed by atoms with van der Waals surface area (Å²) in [5.41, 5.74) is 0.695. The number of thiazole rings is 1. The van der Waals surface area contributed by atoms with E-state index in [2.05, 4.69) is 20.6 Å². The van der Waals surface area contributed by atoms with E-state index in [1.165, 1.54) is 11.3 Å². The second kappa shape index (κ2) is 12.0. The molecule has 8 nitrogen and oxygen atoms in total. The van der Waals surface area contributed by atoms with Crippen molar-refractivity contribution < 1.29 is 19.0 Å². The van der Waals surface area contributed by atoms with Gasteiger partial charge in [0.2, 0.25) is 0 Å². The van der Waals surface area contributed by atoms with Crippen LogP contribution < -0.4 is 10.6 Å². The number of aliphatic imine (C=N–C) groups is 1. The van der Waals surface area contributed by atoms with Crippen molar-refractivity contribution in [1.82, 2.24) is 15.6 Å². The highest BCUT2D eigenvalue weighted by molar-refractivity contribution is 7.13. The van der Waals surface area contributed by atoms with Crippen LogP contribution in [0.25, 0.3) is 0 Å². The summed E-state index contributed by atoms with van der Waals surface area (Å²) in [7, 11) is 1.73. The van der Waals surface area contributed by atoms with Gasteiger partial charge in [-0.25, -0.2) is 9.78 Å². The lowest BCUT2D eigenvalue weighted by Crippen LogP contribution is -2.39. The van der Waals surface area contributed by atoms with Gasteiger partial charge < -0.3 is 24.8 Å². The zero-order valence-electron chi connectivity index (χ0n) is 17.2. The summed E-state index contributed by atoms with van der Waals surface area (Å²) >= 11 is 1.35. The van der Waals surface area contributed by atoms with Crippen LogP contribution in [0.5, 0.6) is 0 Å². The number of aryl methyl sites for hydroxylation is 1. The van der Waals surface area contributed by atoms with E-state index in [1.54, 1.807) is 14.0 Å².